The number of amides is 1. The van der Waals surface area contributed by atoms with Gasteiger partial charge >= 0.3 is 0 Å². The van der Waals surface area contributed by atoms with E-state index in [1.54, 1.807) is 12.1 Å². The minimum absolute atomic E-state index is 0.0750. The Morgan fingerprint density at radius 2 is 1.89 bits per heavy atom. The number of nitrogens with two attached hydrogens (primary N) is 2. The van der Waals surface area contributed by atoms with Crippen molar-refractivity contribution in [2.75, 3.05) is 12.8 Å². The van der Waals surface area contributed by atoms with Crippen LogP contribution in [0.3, 0.4) is 0 Å². The smallest absolute Gasteiger partial charge is 0.271 e. The molecule has 0 aliphatic heterocycles. The summed E-state index contributed by atoms with van der Waals surface area (Å²) in [5.41, 5.74) is 12.5. The number of halogens is 2. The number of fused-ring (bicyclic) bond motifs is 1. The van der Waals surface area contributed by atoms with Crippen molar-refractivity contribution in [2.24, 2.45) is 5.73 Å². The van der Waals surface area contributed by atoms with Crippen LogP contribution in [0, 0.1) is 11.6 Å². The Balaban J connectivity index is 1.84. The molecule has 3 rings (SSSR count). The van der Waals surface area contributed by atoms with Gasteiger partial charge in [-0.1, -0.05) is 6.07 Å². The van der Waals surface area contributed by atoms with E-state index in [0.29, 0.717) is 35.7 Å². The van der Waals surface area contributed by atoms with Crippen molar-refractivity contribution in [3.63, 3.8) is 0 Å². The maximum atomic E-state index is 14.3. The number of methoxy groups -OCH3 is 1. The molecule has 0 aliphatic rings. The maximum absolute atomic E-state index is 14.3. The van der Waals surface area contributed by atoms with E-state index in [1.165, 1.54) is 25.3 Å². The highest BCUT2D eigenvalue weighted by atomic mass is 19.1. The number of primary amides is 1. The Kier molecular flexibility index (Phi) is 5.16. The van der Waals surface area contributed by atoms with E-state index in [9.17, 15) is 13.6 Å². The average Bonchev–Trinajstić information content (AvgIpc) is 2.63. The van der Waals surface area contributed by atoms with Gasteiger partial charge in [-0.3, -0.25) is 4.79 Å². The maximum Gasteiger partial charge on any atom is 0.271 e. The summed E-state index contributed by atoms with van der Waals surface area (Å²) in [5.74, 6) is -1.50. The molecule has 0 bridgehead atoms. The van der Waals surface area contributed by atoms with Crippen molar-refractivity contribution < 1.29 is 18.3 Å². The zero-order valence-electron chi connectivity index (χ0n) is 14.6. The summed E-state index contributed by atoms with van der Waals surface area (Å²) in [4.78, 5) is 11.3. The normalized spacial score (nSPS) is 10.9. The molecule has 1 amide bonds. The van der Waals surface area contributed by atoms with Crippen LogP contribution in [0.25, 0.3) is 10.9 Å². The number of hydrogen-bond donors (Lipinski definition) is 2. The Hall–Kier alpha value is -3.29. The van der Waals surface area contributed by atoms with E-state index < -0.39 is 17.5 Å². The van der Waals surface area contributed by atoms with Crippen LogP contribution in [-0.4, -0.2) is 23.2 Å². The monoisotopic (exact) mass is 372 g/mol. The van der Waals surface area contributed by atoms with Crippen LogP contribution in [0.4, 0.5) is 14.5 Å². The first kappa shape index (κ1) is 18.5. The fourth-order valence-corrected chi connectivity index (χ4v) is 2.98. The summed E-state index contributed by atoms with van der Waals surface area (Å²) in [6.45, 7) is 0. The highest BCUT2D eigenvalue weighted by Crippen LogP contribution is 2.27. The molecule has 140 valence electrons. The van der Waals surface area contributed by atoms with Gasteiger partial charge in [0.2, 0.25) is 0 Å². The number of nitrogens with zero attached hydrogens (tertiary/aromatic N) is 2. The van der Waals surface area contributed by atoms with E-state index in [1.807, 2.05) is 0 Å². The van der Waals surface area contributed by atoms with Gasteiger partial charge in [-0.05, 0) is 49.1 Å². The van der Waals surface area contributed by atoms with E-state index in [-0.39, 0.29) is 17.1 Å². The molecule has 0 spiro atoms. The number of carbonyl (C=O) groups is 1. The third-order valence-corrected chi connectivity index (χ3v) is 4.36. The van der Waals surface area contributed by atoms with Gasteiger partial charge in [-0.15, -0.1) is 10.2 Å². The number of ether oxygens (including phenoxy) is 1. The van der Waals surface area contributed by atoms with E-state index >= 15 is 0 Å². The van der Waals surface area contributed by atoms with Crippen molar-refractivity contribution >= 4 is 22.5 Å². The summed E-state index contributed by atoms with van der Waals surface area (Å²) in [6.07, 6.45) is 1.45. The molecule has 1 aromatic heterocycles. The van der Waals surface area contributed by atoms with Crippen molar-refractivity contribution in [2.45, 2.75) is 19.3 Å². The van der Waals surface area contributed by atoms with Crippen LogP contribution in [-0.2, 0) is 12.8 Å². The van der Waals surface area contributed by atoms with Crippen molar-refractivity contribution in [3.05, 3.63) is 58.8 Å². The average molecular weight is 372 g/mol. The number of carbonyl (C=O) groups excluding carboxylic acids is 1. The highest BCUT2D eigenvalue weighted by Gasteiger charge is 2.17. The summed E-state index contributed by atoms with van der Waals surface area (Å²) >= 11 is 0. The standard InChI is InChI=1S/C19H18F2N4O2/c1-27-15-8-5-10(9-14(15)21)3-2-4-11-13(20)7-6-12-16(22)18(19(23)26)25-24-17(11)12/h5-9H,2-4H2,1H3,(H2,22,24)(H2,23,26). The lowest BCUT2D eigenvalue weighted by Gasteiger charge is -2.10. The van der Waals surface area contributed by atoms with Gasteiger partial charge in [0, 0.05) is 10.9 Å². The van der Waals surface area contributed by atoms with Gasteiger partial charge in [0.15, 0.2) is 17.3 Å². The SMILES string of the molecule is COc1ccc(CCCc2c(F)ccc3c(N)c(C(N)=O)nnc23)cc1F. The lowest BCUT2D eigenvalue weighted by Crippen LogP contribution is -2.17. The van der Waals surface area contributed by atoms with E-state index in [0.717, 1.165) is 5.56 Å². The molecular formula is C19H18F2N4O2. The second-order valence-corrected chi connectivity index (χ2v) is 6.07. The van der Waals surface area contributed by atoms with Crippen LogP contribution in [0.15, 0.2) is 30.3 Å². The van der Waals surface area contributed by atoms with Gasteiger partial charge in [0.1, 0.15) is 11.3 Å². The van der Waals surface area contributed by atoms with E-state index in [2.05, 4.69) is 10.2 Å². The molecule has 2 aromatic carbocycles. The second-order valence-electron chi connectivity index (χ2n) is 6.07. The zero-order chi connectivity index (χ0) is 19.6. The van der Waals surface area contributed by atoms with Gasteiger partial charge in [0.25, 0.3) is 5.91 Å². The molecule has 0 saturated carbocycles. The van der Waals surface area contributed by atoms with Gasteiger partial charge < -0.3 is 16.2 Å². The summed E-state index contributed by atoms with van der Waals surface area (Å²) in [5, 5.41) is 8.09. The molecular weight excluding hydrogens is 354 g/mol. The molecule has 0 radical (unpaired) electrons. The lowest BCUT2D eigenvalue weighted by atomic mass is 10.00. The first-order valence-electron chi connectivity index (χ1n) is 8.27. The minimum atomic E-state index is -0.797. The van der Waals surface area contributed by atoms with Crippen LogP contribution < -0.4 is 16.2 Å². The lowest BCUT2D eigenvalue weighted by molar-refractivity contribution is 0.0995. The quantitative estimate of drug-likeness (QED) is 0.692. The van der Waals surface area contributed by atoms with Crippen molar-refractivity contribution in [3.8, 4) is 5.75 Å². The molecule has 0 aliphatic carbocycles. The van der Waals surface area contributed by atoms with Gasteiger partial charge in [0.05, 0.1) is 12.8 Å². The number of aromatic nitrogens is 2. The Labute approximate surface area is 154 Å². The number of hydrogen-bond acceptors (Lipinski definition) is 5. The second kappa shape index (κ2) is 7.53. The largest absolute Gasteiger partial charge is 0.494 e. The fraction of sp³-hybridized carbons (Fsp3) is 0.211. The number of benzene rings is 2. The Bertz CT molecular complexity index is 1020. The summed E-state index contributed by atoms with van der Waals surface area (Å²) < 4.78 is 33.0. The van der Waals surface area contributed by atoms with E-state index in [4.69, 9.17) is 16.2 Å². The van der Waals surface area contributed by atoms with Gasteiger partial charge in [-0.2, -0.15) is 0 Å². The third kappa shape index (κ3) is 3.64. The number of anilines is 1. The molecule has 1 heterocycles. The number of nitrogen functional groups attached to an aromatic ring is 1. The van der Waals surface area contributed by atoms with Gasteiger partial charge in [-0.25, -0.2) is 8.78 Å². The summed E-state index contributed by atoms with van der Waals surface area (Å²) in [7, 11) is 1.40. The topological polar surface area (TPSA) is 104 Å². The first-order valence-corrected chi connectivity index (χ1v) is 8.27. The third-order valence-electron chi connectivity index (χ3n) is 4.36. The zero-order valence-corrected chi connectivity index (χ0v) is 14.6. The first-order chi connectivity index (χ1) is 12.9. The van der Waals surface area contributed by atoms with Crippen molar-refractivity contribution in [1.29, 1.82) is 0 Å². The molecule has 8 heteroatoms. The molecule has 0 saturated heterocycles. The van der Waals surface area contributed by atoms with Crippen LogP contribution in [0.2, 0.25) is 0 Å². The highest BCUT2D eigenvalue weighted by molar-refractivity contribution is 6.04. The molecule has 3 aromatic rings. The van der Waals surface area contributed by atoms with Crippen LogP contribution in [0.1, 0.15) is 28.0 Å². The molecule has 4 N–H and O–H groups in total. The number of rotatable bonds is 6. The number of aryl methyl sites for hydroxylation is 2. The molecule has 6 nitrogen and oxygen atoms in total. The summed E-state index contributed by atoms with van der Waals surface area (Å²) in [6, 6.07) is 7.44. The van der Waals surface area contributed by atoms with Crippen LogP contribution in [0.5, 0.6) is 5.75 Å². The Morgan fingerprint density at radius 3 is 2.56 bits per heavy atom. The molecule has 0 unspecified atom stereocenters. The predicted octanol–water partition coefficient (Wildman–Crippen LogP) is 2.77. The van der Waals surface area contributed by atoms with Crippen molar-refractivity contribution in [1.82, 2.24) is 10.2 Å². The Morgan fingerprint density at radius 1 is 1.11 bits per heavy atom. The molecule has 0 atom stereocenters. The molecule has 0 fully saturated rings. The fourth-order valence-electron chi connectivity index (χ4n) is 2.98. The predicted molar refractivity (Wildman–Crippen MR) is 97.4 cm³/mol. The van der Waals surface area contributed by atoms with Crippen LogP contribution >= 0.6 is 0 Å². The minimum Gasteiger partial charge on any atom is -0.494 e. The molecule has 27 heavy (non-hydrogen) atoms.